The fraction of sp³-hybridized carbons (Fsp3) is 0.278. The molecule has 8 heteroatoms. The predicted molar refractivity (Wildman–Crippen MR) is 95.5 cm³/mol. The zero-order chi connectivity index (χ0) is 18.5. The van der Waals surface area contributed by atoms with Crippen molar-refractivity contribution in [2.75, 3.05) is 36.5 Å². The highest BCUT2D eigenvalue weighted by Gasteiger charge is 2.17. The Bertz CT molecular complexity index is 783. The van der Waals surface area contributed by atoms with E-state index in [4.69, 9.17) is 16.3 Å². The maximum atomic E-state index is 12.6. The Kier molecular flexibility index (Phi) is 5.90. The van der Waals surface area contributed by atoms with Crippen LogP contribution in [0.5, 0.6) is 5.75 Å². The van der Waals surface area contributed by atoms with Crippen molar-refractivity contribution >= 4 is 28.9 Å². The Hall–Kier alpha value is -2.38. The zero-order valence-corrected chi connectivity index (χ0v) is 14.5. The molecule has 0 aliphatic carbocycles. The molecule has 2 aromatic carbocycles. The van der Waals surface area contributed by atoms with E-state index < -0.39 is 12.5 Å². The van der Waals surface area contributed by atoms with Crippen LogP contribution in [0.3, 0.4) is 0 Å². The van der Waals surface area contributed by atoms with Crippen molar-refractivity contribution in [1.82, 2.24) is 0 Å². The van der Waals surface area contributed by atoms with Crippen LogP contribution in [0.4, 0.5) is 20.2 Å². The van der Waals surface area contributed by atoms with Gasteiger partial charge >= 0.3 is 6.61 Å². The average molecular weight is 383 g/mol. The molecule has 138 valence electrons. The highest BCUT2D eigenvalue weighted by atomic mass is 35.5. The van der Waals surface area contributed by atoms with Crippen molar-refractivity contribution in [3.63, 3.8) is 0 Å². The third-order valence-corrected chi connectivity index (χ3v) is 4.12. The number of morpholine rings is 1. The predicted octanol–water partition coefficient (Wildman–Crippen LogP) is 4.03. The largest absolute Gasteiger partial charge is 0.435 e. The maximum absolute atomic E-state index is 12.6. The second kappa shape index (κ2) is 8.33. The first-order valence-electron chi connectivity index (χ1n) is 8.01. The van der Waals surface area contributed by atoms with Crippen molar-refractivity contribution in [2.24, 2.45) is 0 Å². The van der Waals surface area contributed by atoms with E-state index in [9.17, 15) is 13.6 Å². The van der Waals surface area contributed by atoms with Crippen LogP contribution in [0.2, 0.25) is 5.02 Å². The van der Waals surface area contributed by atoms with Gasteiger partial charge in [0.25, 0.3) is 5.91 Å². The average Bonchev–Trinajstić information content (AvgIpc) is 2.62. The smallest absolute Gasteiger partial charge is 0.387 e. The topological polar surface area (TPSA) is 50.8 Å². The van der Waals surface area contributed by atoms with Crippen molar-refractivity contribution in [3.05, 3.63) is 53.1 Å². The first kappa shape index (κ1) is 18.4. The van der Waals surface area contributed by atoms with Gasteiger partial charge in [-0.05, 0) is 36.4 Å². The number of anilines is 2. The van der Waals surface area contributed by atoms with E-state index in [2.05, 4.69) is 15.0 Å². The number of nitrogens with zero attached hydrogens (tertiary/aromatic N) is 1. The molecule has 1 fully saturated rings. The lowest BCUT2D eigenvalue weighted by Gasteiger charge is -2.30. The molecule has 0 saturated carbocycles. The van der Waals surface area contributed by atoms with Gasteiger partial charge in [0.15, 0.2) is 0 Å². The van der Waals surface area contributed by atoms with Gasteiger partial charge in [0, 0.05) is 23.7 Å². The minimum atomic E-state index is -2.95. The molecule has 0 spiro atoms. The van der Waals surface area contributed by atoms with Gasteiger partial charge in [-0.3, -0.25) is 4.79 Å². The lowest BCUT2D eigenvalue weighted by molar-refractivity contribution is -0.0498. The lowest BCUT2D eigenvalue weighted by atomic mass is 10.1. The minimum absolute atomic E-state index is 0.0767. The Labute approximate surface area is 154 Å². The SMILES string of the molecule is O=C(Nc1cc(Cl)ccc1N1CCOCC1)c1cccc(OC(F)F)c1. The molecule has 0 aromatic heterocycles. The monoisotopic (exact) mass is 382 g/mol. The summed E-state index contributed by atoms with van der Waals surface area (Å²) in [5.41, 5.74) is 1.58. The molecule has 26 heavy (non-hydrogen) atoms. The van der Waals surface area contributed by atoms with Crippen LogP contribution >= 0.6 is 11.6 Å². The Morgan fingerprint density at radius 3 is 2.69 bits per heavy atom. The third-order valence-electron chi connectivity index (χ3n) is 3.88. The second-order valence-electron chi connectivity index (χ2n) is 5.62. The minimum Gasteiger partial charge on any atom is -0.435 e. The molecule has 1 aliphatic heterocycles. The Morgan fingerprint density at radius 1 is 1.19 bits per heavy atom. The first-order chi connectivity index (χ1) is 12.5. The molecule has 0 bridgehead atoms. The number of rotatable bonds is 5. The van der Waals surface area contributed by atoms with E-state index >= 15 is 0 Å². The molecule has 1 amide bonds. The highest BCUT2D eigenvalue weighted by molar-refractivity contribution is 6.31. The summed E-state index contributed by atoms with van der Waals surface area (Å²) in [6, 6.07) is 10.9. The van der Waals surface area contributed by atoms with E-state index in [-0.39, 0.29) is 11.3 Å². The summed E-state index contributed by atoms with van der Waals surface area (Å²) in [6.07, 6.45) is 0. The van der Waals surface area contributed by atoms with Gasteiger partial charge in [0.1, 0.15) is 5.75 Å². The number of carbonyl (C=O) groups excluding carboxylic acids is 1. The zero-order valence-electron chi connectivity index (χ0n) is 13.8. The molecule has 1 N–H and O–H groups in total. The molecular formula is C18H17ClF2N2O3. The van der Waals surface area contributed by atoms with Gasteiger partial charge in [-0.1, -0.05) is 17.7 Å². The molecular weight excluding hydrogens is 366 g/mol. The number of benzene rings is 2. The summed E-state index contributed by atoms with van der Waals surface area (Å²) in [5, 5.41) is 3.28. The summed E-state index contributed by atoms with van der Waals surface area (Å²) in [7, 11) is 0. The molecule has 3 rings (SSSR count). The van der Waals surface area contributed by atoms with Gasteiger partial charge in [-0.25, -0.2) is 0 Å². The summed E-state index contributed by atoms with van der Waals surface area (Å²) in [4.78, 5) is 14.6. The van der Waals surface area contributed by atoms with E-state index in [0.29, 0.717) is 37.0 Å². The number of alkyl halides is 2. The molecule has 0 atom stereocenters. The summed E-state index contributed by atoms with van der Waals surface area (Å²) >= 11 is 6.07. The van der Waals surface area contributed by atoms with Gasteiger partial charge in [0.2, 0.25) is 0 Å². The molecule has 1 aliphatic rings. The summed E-state index contributed by atoms with van der Waals surface area (Å²) in [5.74, 6) is -0.520. The number of hydrogen-bond acceptors (Lipinski definition) is 4. The van der Waals surface area contributed by atoms with E-state index in [1.165, 1.54) is 24.3 Å². The van der Waals surface area contributed by atoms with Crippen molar-refractivity contribution in [3.8, 4) is 5.75 Å². The summed E-state index contributed by atoms with van der Waals surface area (Å²) < 4.78 is 34.4. The van der Waals surface area contributed by atoms with Crippen LogP contribution in [-0.2, 0) is 4.74 Å². The van der Waals surface area contributed by atoms with Crippen LogP contribution in [0.1, 0.15) is 10.4 Å². The molecule has 0 unspecified atom stereocenters. The third kappa shape index (κ3) is 4.62. The van der Waals surface area contributed by atoms with E-state index in [1.54, 1.807) is 12.1 Å². The van der Waals surface area contributed by atoms with Gasteiger partial charge in [0.05, 0.1) is 24.6 Å². The maximum Gasteiger partial charge on any atom is 0.387 e. The van der Waals surface area contributed by atoms with Crippen LogP contribution in [0, 0.1) is 0 Å². The highest BCUT2D eigenvalue weighted by Crippen LogP contribution is 2.30. The molecule has 5 nitrogen and oxygen atoms in total. The van der Waals surface area contributed by atoms with E-state index in [0.717, 1.165) is 5.69 Å². The van der Waals surface area contributed by atoms with E-state index in [1.807, 2.05) is 6.07 Å². The molecule has 1 saturated heterocycles. The standard InChI is InChI=1S/C18H17ClF2N2O3/c19-13-4-5-16(23-6-8-25-9-7-23)15(11-13)22-17(24)12-2-1-3-14(10-12)26-18(20)21/h1-5,10-11,18H,6-9H2,(H,22,24). The fourth-order valence-electron chi connectivity index (χ4n) is 2.70. The molecule has 1 heterocycles. The lowest BCUT2D eigenvalue weighted by Crippen LogP contribution is -2.36. The number of carbonyl (C=O) groups is 1. The van der Waals surface area contributed by atoms with Gasteiger partial charge in [-0.15, -0.1) is 0 Å². The van der Waals surface area contributed by atoms with Gasteiger partial charge in [-0.2, -0.15) is 8.78 Å². The number of hydrogen-bond donors (Lipinski definition) is 1. The molecule has 0 radical (unpaired) electrons. The van der Waals surface area contributed by atoms with Crippen LogP contribution < -0.4 is 15.0 Å². The fourth-order valence-corrected chi connectivity index (χ4v) is 2.87. The summed E-state index contributed by atoms with van der Waals surface area (Å²) in [6.45, 7) is -0.356. The normalized spacial score (nSPS) is 14.4. The van der Waals surface area contributed by atoms with Crippen LogP contribution in [0.25, 0.3) is 0 Å². The molecule has 2 aromatic rings. The number of ether oxygens (including phenoxy) is 2. The van der Waals surface area contributed by atoms with Crippen molar-refractivity contribution in [2.45, 2.75) is 6.61 Å². The van der Waals surface area contributed by atoms with Crippen molar-refractivity contribution < 1.29 is 23.0 Å². The number of amides is 1. The number of nitrogens with one attached hydrogen (secondary N) is 1. The Morgan fingerprint density at radius 2 is 1.96 bits per heavy atom. The quantitative estimate of drug-likeness (QED) is 0.848. The van der Waals surface area contributed by atoms with Gasteiger partial charge < -0.3 is 19.7 Å². The first-order valence-corrected chi connectivity index (χ1v) is 8.39. The second-order valence-corrected chi connectivity index (χ2v) is 6.06. The van der Waals surface area contributed by atoms with Crippen LogP contribution in [0.15, 0.2) is 42.5 Å². The number of halogens is 3. The van der Waals surface area contributed by atoms with Crippen LogP contribution in [-0.4, -0.2) is 38.8 Å². The Balaban J connectivity index is 1.81. The van der Waals surface area contributed by atoms with Crippen molar-refractivity contribution in [1.29, 1.82) is 0 Å².